The monoisotopic (exact) mass is 309 g/mol. The maximum Gasteiger partial charge on any atom is 0.196 e. The van der Waals surface area contributed by atoms with E-state index in [0.717, 1.165) is 17.9 Å². The molecule has 1 saturated heterocycles. The number of sulfone groups is 1. The molecule has 3 rings (SSSR count). The molecule has 2 heterocycles. The van der Waals surface area contributed by atoms with E-state index >= 15 is 0 Å². The van der Waals surface area contributed by atoms with E-state index < -0.39 is 15.4 Å². The third kappa shape index (κ3) is 2.46. The molecule has 1 unspecified atom stereocenters. The molecule has 114 valence electrons. The number of benzene rings is 1. The van der Waals surface area contributed by atoms with Crippen LogP contribution in [0.2, 0.25) is 0 Å². The normalized spacial score (nSPS) is 27.7. The summed E-state index contributed by atoms with van der Waals surface area (Å²) in [5.41, 5.74) is 6.35. The highest BCUT2D eigenvalue weighted by atomic mass is 32.2. The van der Waals surface area contributed by atoms with E-state index in [9.17, 15) is 8.42 Å². The number of nitrogens with two attached hydrogens (primary N) is 1. The Balaban J connectivity index is 1.98. The first-order chi connectivity index (χ1) is 9.96. The third-order valence-corrected chi connectivity index (χ3v) is 6.04. The van der Waals surface area contributed by atoms with Crippen molar-refractivity contribution in [3.05, 3.63) is 24.3 Å². The average molecular weight is 309 g/mol. The maximum atomic E-state index is 12.1. The number of aliphatic imine (C=N–C) groups is 1. The first kappa shape index (κ1) is 14.2. The van der Waals surface area contributed by atoms with Gasteiger partial charge in [-0.15, -0.1) is 0 Å². The van der Waals surface area contributed by atoms with Gasteiger partial charge in [0.05, 0.1) is 30.7 Å². The standard InChI is InChI=1S/C14H19N3O3S/c1-20-12-5-3-11(4-6-12)17-13(15)16-9-14(17)7-2-8-21(18,19)10-14/h3-6H,2,7-10H2,1H3,(H2,15,16). The lowest BCUT2D eigenvalue weighted by atomic mass is 9.93. The molecule has 6 nitrogen and oxygen atoms in total. The smallest absolute Gasteiger partial charge is 0.196 e. The van der Waals surface area contributed by atoms with Crippen LogP contribution in [-0.2, 0) is 9.84 Å². The molecule has 0 aliphatic carbocycles. The highest BCUT2D eigenvalue weighted by Crippen LogP contribution is 2.37. The minimum Gasteiger partial charge on any atom is -0.497 e. The highest BCUT2D eigenvalue weighted by molar-refractivity contribution is 7.91. The molecule has 1 fully saturated rings. The average Bonchev–Trinajstić information content (AvgIpc) is 2.74. The van der Waals surface area contributed by atoms with Crippen molar-refractivity contribution < 1.29 is 13.2 Å². The van der Waals surface area contributed by atoms with Gasteiger partial charge in [-0.2, -0.15) is 0 Å². The number of hydrogen-bond donors (Lipinski definition) is 1. The predicted molar refractivity (Wildman–Crippen MR) is 82.6 cm³/mol. The van der Waals surface area contributed by atoms with Gasteiger partial charge in [0.2, 0.25) is 0 Å². The number of guanidine groups is 1. The van der Waals surface area contributed by atoms with Crippen molar-refractivity contribution in [2.45, 2.75) is 18.4 Å². The first-order valence-corrected chi connectivity index (χ1v) is 8.73. The summed E-state index contributed by atoms with van der Waals surface area (Å²) in [6.45, 7) is 0.435. The lowest BCUT2D eigenvalue weighted by Gasteiger charge is -2.41. The predicted octanol–water partition coefficient (Wildman–Crippen LogP) is 0.777. The number of methoxy groups -OCH3 is 1. The Kier molecular flexibility index (Phi) is 3.32. The second-order valence-corrected chi connectivity index (χ2v) is 7.81. The van der Waals surface area contributed by atoms with Gasteiger partial charge in [-0.05, 0) is 37.1 Å². The zero-order valence-corrected chi connectivity index (χ0v) is 12.8. The van der Waals surface area contributed by atoms with E-state index in [1.54, 1.807) is 7.11 Å². The Morgan fingerprint density at radius 2 is 2.05 bits per heavy atom. The van der Waals surface area contributed by atoms with Crippen molar-refractivity contribution in [2.24, 2.45) is 10.7 Å². The molecule has 1 spiro atoms. The molecular formula is C14H19N3O3S. The van der Waals surface area contributed by atoms with Gasteiger partial charge in [0.15, 0.2) is 15.8 Å². The summed E-state index contributed by atoms with van der Waals surface area (Å²) in [7, 11) is -1.44. The van der Waals surface area contributed by atoms with Crippen LogP contribution < -0.4 is 15.4 Å². The summed E-state index contributed by atoms with van der Waals surface area (Å²) < 4.78 is 29.3. The van der Waals surface area contributed by atoms with E-state index in [2.05, 4.69) is 4.99 Å². The van der Waals surface area contributed by atoms with Gasteiger partial charge in [-0.3, -0.25) is 4.99 Å². The van der Waals surface area contributed by atoms with Crippen LogP contribution in [-0.4, -0.2) is 45.1 Å². The van der Waals surface area contributed by atoms with E-state index in [-0.39, 0.29) is 11.5 Å². The number of ether oxygens (including phenoxy) is 1. The summed E-state index contributed by atoms with van der Waals surface area (Å²) >= 11 is 0. The fourth-order valence-corrected chi connectivity index (χ4v) is 5.14. The summed E-state index contributed by atoms with van der Waals surface area (Å²) in [6.07, 6.45) is 1.43. The van der Waals surface area contributed by atoms with Gasteiger partial charge >= 0.3 is 0 Å². The summed E-state index contributed by atoms with van der Waals surface area (Å²) in [5.74, 6) is 1.50. The Morgan fingerprint density at radius 1 is 1.33 bits per heavy atom. The van der Waals surface area contributed by atoms with Crippen LogP contribution in [0.25, 0.3) is 0 Å². The highest BCUT2D eigenvalue weighted by Gasteiger charge is 2.48. The quantitative estimate of drug-likeness (QED) is 0.872. The van der Waals surface area contributed by atoms with E-state index in [0.29, 0.717) is 18.9 Å². The second-order valence-electron chi connectivity index (χ2n) is 5.63. The minimum absolute atomic E-state index is 0.107. The van der Waals surface area contributed by atoms with Gasteiger partial charge in [0.1, 0.15) is 5.75 Å². The van der Waals surface area contributed by atoms with Crippen molar-refractivity contribution in [2.75, 3.05) is 30.1 Å². The lowest BCUT2D eigenvalue weighted by Crippen LogP contribution is -2.58. The van der Waals surface area contributed by atoms with Crippen LogP contribution in [0.3, 0.4) is 0 Å². The van der Waals surface area contributed by atoms with Crippen LogP contribution in [0.4, 0.5) is 5.69 Å². The molecule has 2 aliphatic heterocycles. The summed E-state index contributed by atoms with van der Waals surface area (Å²) in [5, 5.41) is 0. The molecular weight excluding hydrogens is 290 g/mol. The van der Waals surface area contributed by atoms with Crippen LogP contribution in [0, 0.1) is 0 Å². The molecule has 1 aromatic rings. The largest absolute Gasteiger partial charge is 0.497 e. The number of nitrogens with zero attached hydrogens (tertiary/aromatic N) is 2. The molecule has 1 aromatic carbocycles. The molecule has 0 amide bonds. The second kappa shape index (κ2) is 4.91. The van der Waals surface area contributed by atoms with E-state index in [1.165, 1.54) is 0 Å². The van der Waals surface area contributed by atoms with Crippen LogP contribution >= 0.6 is 0 Å². The SMILES string of the molecule is COc1ccc(N2C(N)=NCC23CCCS(=O)(=O)C3)cc1. The van der Waals surface area contributed by atoms with Gasteiger partial charge in [0, 0.05) is 5.69 Å². The van der Waals surface area contributed by atoms with Gasteiger partial charge < -0.3 is 15.4 Å². The fourth-order valence-electron chi connectivity index (χ4n) is 3.23. The van der Waals surface area contributed by atoms with Gasteiger partial charge in [0.25, 0.3) is 0 Å². The minimum atomic E-state index is -3.05. The molecule has 21 heavy (non-hydrogen) atoms. The van der Waals surface area contributed by atoms with Crippen molar-refractivity contribution >= 4 is 21.5 Å². The molecule has 0 radical (unpaired) electrons. The summed E-state index contributed by atoms with van der Waals surface area (Å²) in [6, 6.07) is 7.45. The maximum absolute atomic E-state index is 12.1. The molecule has 0 aromatic heterocycles. The molecule has 0 saturated carbocycles. The zero-order chi connectivity index (χ0) is 15.1. The zero-order valence-electron chi connectivity index (χ0n) is 11.9. The van der Waals surface area contributed by atoms with Crippen molar-refractivity contribution in [1.82, 2.24) is 0 Å². The Labute approximate surface area is 124 Å². The van der Waals surface area contributed by atoms with E-state index in [1.807, 2.05) is 29.2 Å². The summed E-state index contributed by atoms with van der Waals surface area (Å²) in [4.78, 5) is 6.18. The van der Waals surface area contributed by atoms with Crippen molar-refractivity contribution in [3.63, 3.8) is 0 Å². The number of rotatable bonds is 2. The molecule has 0 bridgehead atoms. The van der Waals surface area contributed by atoms with Gasteiger partial charge in [-0.1, -0.05) is 0 Å². The molecule has 1 atom stereocenters. The molecule has 2 N–H and O–H groups in total. The first-order valence-electron chi connectivity index (χ1n) is 6.90. The Hall–Kier alpha value is -1.76. The number of anilines is 1. The fraction of sp³-hybridized carbons (Fsp3) is 0.500. The van der Waals surface area contributed by atoms with Crippen LogP contribution in [0.1, 0.15) is 12.8 Å². The number of hydrogen-bond acceptors (Lipinski definition) is 6. The van der Waals surface area contributed by atoms with Gasteiger partial charge in [-0.25, -0.2) is 8.42 Å². The third-order valence-electron chi connectivity index (χ3n) is 4.16. The Bertz CT molecular complexity index is 669. The van der Waals surface area contributed by atoms with Crippen LogP contribution in [0.5, 0.6) is 5.75 Å². The topological polar surface area (TPSA) is 85.0 Å². The van der Waals surface area contributed by atoms with E-state index in [4.69, 9.17) is 10.5 Å². The van der Waals surface area contributed by atoms with Crippen LogP contribution in [0.15, 0.2) is 29.3 Å². The Morgan fingerprint density at radius 3 is 2.67 bits per heavy atom. The molecule has 7 heteroatoms. The van der Waals surface area contributed by atoms with Crippen molar-refractivity contribution in [1.29, 1.82) is 0 Å². The molecule has 2 aliphatic rings. The van der Waals surface area contributed by atoms with Crippen molar-refractivity contribution in [3.8, 4) is 5.75 Å². The lowest BCUT2D eigenvalue weighted by molar-refractivity contribution is 0.414.